The first-order valence-electron chi connectivity index (χ1n) is 6.79. The lowest BCUT2D eigenvalue weighted by Gasteiger charge is -2.21. The van der Waals surface area contributed by atoms with E-state index in [4.69, 9.17) is 20.2 Å². The summed E-state index contributed by atoms with van der Waals surface area (Å²) >= 11 is 0. The van der Waals surface area contributed by atoms with Gasteiger partial charge in [-0.2, -0.15) is 0 Å². The fraction of sp³-hybridized carbons (Fsp3) is 0.917. The van der Waals surface area contributed by atoms with E-state index in [1.54, 1.807) is 4.90 Å². The third kappa shape index (κ3) is 6.39. The molecule has 1 heterocycles. The molecule has 0 spiro atoms. The second kappa shape index (κ2) is 8.17. The van der Waals surface area contributed by atoms with Crippen LogP contribution in [0.4, 0.5) is 0 Å². The summed E-state index contributed by atoms with van der Waals surface area (Å²) in [5.74, 6) is -0.415. The van der Waals surface area contributed by atoms with Gasteiger partial charge in [0.25, 0.3) is 0 Å². The van der Waals surface area contributed by atoms with Gasteiger partial charge in [-0.15, -0.1) is 0 Å². The number of carbonyl (C=O) groups is 1. The number of hydrogen-bond acceptors (Lipinski definition) is 5. The first-order chi connectivity index (χ1) is 9.35. The second-order valence-corrected chi connectivity index (χ2v) is 7.57. The maximum atomic E-state index is 11.8. The van der Waals surface area contributed by atoms with Crippen LogP contribution in [-0.4, -0.2) is 57.6 Å². The molecule has 0 aromatic carbocycles. The number of carbonyl (C=O) groups excluding carboxylic acids is 1. The van der Waals surface area contributed by atoms with Crippen LogP contribution in [0.15, 0.2) is 0 Å². The van der Waals surface area contributed by atoms with Crippen molar-refractivity contribution in [3.05, 3.63) is 0 Å². The summed E-state index contributed by atoms with van der Waals surface area (Å²) in [5.41, 5.74) is 0. The molecular formula is C12H22ClNO5S. The Hall–Kier alpha value is -0.370. The lowest BCUT2D eigenvalue weighted by atomic mass is 10.1. The zero-order valence-electron chi connectivity index (χ0n) is 11.9. The van der Waals surface area contributed by atoms with Crippen LogP contribution in [-0.2, 0) is 23.3 Å². The number of nitrogens with zero attached hydrogens (tertiary/aromatic N) is 1. The molecule has 1 saturated heterocycles. The van der Waals surface area contributed by atoms with E-state index in [-0.39, 0.29) is 30.3 Å². The Morgan fingerprint density at radius 3 is 2.45 bits per heavy atom. The molecule has 1 atom stereocenters. The molecule has 1 rings (SSSR count). The van der Waals surface area contributed by atoms with Crippen LogP contribution < -0.4 is 0 Å². The van der Waals surface area contributed by atoms with Crippen LogP contribution in [0, 0.1) is 5.92 Å². The average Bonchev–Trinajstić information content (AvgIpc) is 2.64. The number of ether oxygens (including phenoxy) is 2. The van der Waals surface area contributed by atoms with Crippen LogP contribution in [0.5, 0.6) is 0 Å². The zero-order valence-corrected chi connectivity index (χ0v) is 13.5. The van der Waals surface area contributed by atoms with E-state index >= 15 is 0 Å². The lowest BCUT2D eigenvalue weighted by molar-refractivity contribution is -0.144. The molecule has 0 radical (unpaired) electrons. The van der Waals surface area contributed by atoms with Crippen molar-refractivity contribution in [3.63, 3.8) is 0 Å². The Bertz CT molecular complexity index is 408. The van der Waals surface area contributed by atoms with Crippen LogP contribution in [0.2, 0.25) is 0 Å². The molecule has 6 nitrogen and oxygen atoms in total. The van der Waals surface area contributed by atoms with Crippen LogP contribution in [0.3, 0.4) is 0 Å². The van der Waals surface area contributed by atoms with E-state index < -0.39 is 9.05 Å². The predicted octanol–water partition coefficient (Wildman–Crippen LogP) is 1.19. The summed E-state index contributed by atoms with van der Waals surface area (Å²) in [6.45, 7) is 5.79. The SMILES string of the molecule is CCOC(CCN1CC(CS(=O)(=O)Cl)CC1=O)OCC. The smallest absolute Gasteiger partial charge is 0.232 e. The van der Waals surface area contributed by atoms with Crippen molar-refractivity contribution < 1.29 is 22.7 Å². The summed E-state index contributed by atoms with van der Waals surface area (Å²) in [6.07, 6.45) is 0.488. The summed E-state index contributed by atoms with van der Waals surface area (Å²) in [7, 11) is 1.66. The molecule has 0 aromatic heterocycles. The highest BCUT2D eigenvalue weighted by Gasteiger charge is 2.32. The zero-order chi connectivity index (χ0) is 15.2. The van der Waals surface area contributed by atoms with Crippen molar-refractivity contribution in [3.8, 4) is 0 Å². The minimum atomic E-state index is -3.56. The lowest BCUT2D eigenvalue weighted by Crippen LogP contribution is -2.31. The Kier molecular flexibility index (Phi) is 7.22. The number of rotatable bonds is 9. The molecule has 1 aliphatic rings. The standard InChI is InChI=1S/C12H22ClNO5S/c1-3-18-12(19-4-2)5-6-14-8-10(7-11(14)15)9-20(13,16)17/h10,12H,3-9H2,1-2H3. The first-order valence-corrected chi connectivity index (χ1v) is 9.26. The molecule has 118 valence electrons. The minimum Gasteiger partial charge on any atom is -0.353 e. The van der Waals surface area contributed by atoms with Gasteiger partial charge < -0.3 is 14.4 Å². The Morgan fingerprint density at radius 1 is 1.35 bits per heavy atom. The van der Waals surface area contributed by atoms with Gasteiger partial charge in [0.1, 0.15) is 0 Å². The van der Waals surface area contributed by atoms with Gasteiger partial charge in [0, 0.05) is 55.7 Å². The van der Waals surface area contributed by atoms with Gasteiger partial charge in [0.2, 0.25) is 15.0 Å². The fourth-order valence-electron chi connectivity index (χ4n) is 2.31. The van der Waals surface area contributed by atoms with E-state index in [9.17, 15) is 13.2 Å². The van der Waals surface area contributed by atoms with Crippen molar-refractivity contribution in [2.75, 3.05) is 32.1 Å². The van der Waals surface area contributed by atoms with Gasteiger partial charge in [0.15, 0.2) is 6.29 Å². The monoisotopic (exact) mass is 327 g/mol. The molecule has 1 unspecified atom stereocenters. The third-order valence-corrected chi connectivity index (χ3v) is 4.32. The van der Waals surface area contributed by atoms with Crippen molar-refractivity contribution in [2.45, 2.75) is 33.0 Å². The van der Waals surface area contributed by atoms with Crippen LogP contribution >= 0.6 is 10.7 Å². The highest BCUT2D eigenvalue weighted by atomic mass is 35.7. The predicted molar refractivity (Wildman–Crippen MR) is 76.0 cm³/mol. The van der Waals surface area contributed by atoms with Crippen LogP contribution in [0.25, 0.3) is 0 Å². The number of likely N-dealkylation sites (tertiary alicyclic amines) is 1. The molecule has 0 saturated carbocycles. The maximum Gasteiger partial charge on any atom is 0.232 e. The van der Waals surface area contributed by atoms with E-state index in [1.165, 1.54) is 0 Å². The molecule has 0 aromatic rings. The second-order valence-electron chi connectivity index (χ2n) is 4.74. The third-order valence-electron chi connectivity index (χ3n) is 3.07. The molecule has 1 fully saturated rings. The van der Waals surface area contributed by atoms with Gasteiger partial charge >= 0.3 is 0 Å². The van der Waals surface area contributed by atoms with Crippen molar-refractivity contribution in [1.29, 1.82) is 0 Å². The van der Waals surface area contributed by atoms with E-state index in [0.717, 1.165) is 0 Å². The highest BCUT2D eigenvalue weighted by Crippen LogP contribution is 2.21. The van der Waals surface area contributed by atoms with Crippen LogP contribution in [0.1, 0.15) is 26.7 Å². The fourth-order valence-corrected chi connectivity index (χ4v) is 3.63. The van der Waals surface area contributed by atoms with Crippen molar-refractivity contribution >= 4 is 25.6 Å². The topological polar surface area (TPSA) is 72.9 Å². The molecule has 0 aliphatic carbocycles. The quantitative estimate of drug-likeness (QED) is 0.470. The summed E-state index contributed by atoms with van der Waals surface area (Å²) in [6, 6.07) is 0. The Labute approximate surface area is 124 Å². The normalized spacial score (nSPS) is 20.1. The first kappa shape index (κ1) is 17.7. The summed E-state index contributed by atoms with van der Waals surface area (Å²) < 4.78 is 32.9. The van der Waals surface area contributed by atoms with Gasteiger partial charge in [-0.3, -0.25) is 4.79 Å². The van der Waals surface area contributed by atoms with Crippen molar-refractivity contribution in [1.82, 2.24) is 4.90 Å². The molecule has 1 aliphatic heterocycles. The summed E-state index contributed by atoms with van der Waals surface area (Å²) in [4.78, 5) is 13.5. The number of hydrogen-bond donors (Lipinski definition) is 0. The Morgan fingerprint density at radius 2 is 1.95 bits per heavy atom. The molecule has 1 amide bonds. The maximum absolute atomic E-state index is 11.8. The van der Waals surface area contributed by atoms with E-state index in [2.05, 4.69) is 0 Å². The van der Waals surface area contributed by atoms with E-state index in [1.807, 2.05) is 13.8 Å². The van der Waals surface area contributed by atoms with E-state index in [0.29, 0.717) is 32.7 Å². The van der Waals surface area contributed by atoms with Gasteiger partial charge in [-0.25, -0.2) is 8.42 Å². The van der Waals surface area contributed by atoms with Gasteiger partial charge in [-0.05, 0) is 13.8 Å². The highest BCUT2D eigenvalue weighted by molar-refractivity contribution is 8.13. The number of amides is 1. The van der Waals surface area contributed by atoms with Gasteiger partial charge in [-0.1, -0.05) is 0 Å². The minimum absolute atomic E-state index is 0.0398. The summed E-state index contributed by atoms with van der Waals surface area (Å²) in [5, 5.41) is 0. The molecule has 0 N–H and O–H groups in total. The van der Waals surface area contributed by atoms with Gasteiger partial charge in [0.05, 0.1) is 5.75 Å². The van der Waals surface area contributed by atoms with Crippen molar-refractivity contribution in [2.24, 2.45) is 5.92 Å². The number of halogens is 1. The molecule has 8 heteroatoms. The largest absolute Gasteiger partial charge is 0.353 e. The molecule has 20 heavy (non-hydrogen) atoms. The molecular weight excluding hydrogens is 306 g/mol. The average molecular weight is 328 g/mol. The molecule has 0 bridgehead atoms. The Balaban J connectivity index is 2.42.